The molecule has 7 nitrogen and oxygen atoms in total. The fourth-order valence-electron chi connectivity index (χ4n) is 2.88. The molecule has 2 aromatic rings. The van der Waals surface area contributed by atoms with Gasteiger partial charge in [0.15, 0.2) is 11.5 Å². The fraction of sp³-hybridized carbons (Fsp3) is 0.250. The number of carbonyl (C=O) groups excluding carboxylic acids is 3. The monoisotopic (exact) mass is 369 g/mol. The minimum atomic E-state index is -0.467. The normalized spacial score (nSPS) is 12.7. The Hall–Kier alpha value is -3.35. The molecule has 1 aliphatic heterocycles. The molecule has 0 fully saturated rings. The summed E-state index contributed by atoms with van der Waals surface area (Å²) in [6.07, 6.45) is 0.466. The largest absolute Gasteiger partial charge is 0.493 e. The molecule has 140 valence electrons. The number of hydrogen-bond donors (Lipinski definition) is 0. The number of methoxy groups -OCH3 is 2. The molecular weight excluding hydrogens is 350 g/mol. The number of imide groups is 1. The van der Waals surface area contributed by atoms with Crippen LogP contribution in [0.5, 0.6) is 11.5 Å². The third-order valence-electron chi connectivity index (χ3n) is 4.25. The van der Waals surface area contributed by atoms with Gasteiger partial charge < -0.3 is 14.2 Å². The van der Waals surface area contributed by atoms with Crippen molar-refractivity contribution in [3.63, 3.8) is 0 Å². The number of ether oxygens (including phenoxy) is 3. The zero-order chi connectivity index (χ0) is 19.4. The Kier molecular flexibility index (Phi) is 5.40. The van der Waals surface area contributed by atoms with Crippen molar-refractivity contribution in [1.82, 2.24) is 4.90 Å². The van der Waals surface area contributed by atoms with E-state index in [1.165, 1.54) is 25.2 Å². The van der Waals surface area contributed by atoms with Crippen LogP contribution in [0.2, 0.25) is 0 Å². The molecule has 0 atom stereocenters. The first kappa shape index (κ1) is 18.4. The van der Waals surface area contributed by atoms with Gasteiger partial charge in [-0.05, 0) is 36.8 Å². The lowest BCUT2D eigenvalue weighted by Crippen LogP contribution is -2.31. The summed E-state index contributed by atoms with van der Waals surface area (Å²) in [5.74, 6) is -0.164. The van der Waals surface area contributed by atoms with Crippen molar-refractivity contribution in [2.24, 2.45) is 0 Å². The summed E-state index contributed by atoms with van der Waals surface area (Å²) in [5.41, 5.74) is 1.22. The van der Waals surface area contributed by atoms with E-state index in [-0.39, 0.29) is 25.0 Å². The highest BCUT2D eigenvalue weighted by atomic mass is 16.5. The molecule has 0 aliphatic carbocycles. The van der Waals surface area contributed by atoms with Gasteiger partial charge in [-0.15, -0.1) is 0 Å². The molecule has 1 heterocycles. The van der Waals surface area contributed by atoms with E-state index in [2.05, 4.69) is 4.74 Å². The van der Waals surface area contributed by atoms with Gasteiger partial charge in [0, 0.05) is 6.54 Å². The second-order valence-electron chi connectivity index (χ2n) is 5.87. The average Bonchev–Trinajstić information content (AvgIpc) is 2.95. The van der Waals surface area contributed by atoms with Crippen LogP contribution in [0.1, 0.15) is 37.5 Å². The predicted molar refractivity (Wildman–Crippen MR) is 96.3 cm³/mol. The standard InChI is InChI=1S/C20H19NO6/c1-25-17-12-13(20(24)26-2)8-9-16(17)27-11-5-10-21-18(22)14-6-3-4-7-15(14)19(21)23/h3-4,6-9,12H,5,10-11H2,1-2H3. The van der Waals surface area contributed by atoms with Gasteiger partial charge in [-0.25, -0.2) is 4.79 Å². The summed E-state index contributed by atoms with van der Waals surface area (Å²) in [7, 11) is 2.78. The summed E-state index contributed by atoms with van der Waals surface area (Å²) in [6, 6.07) is 11.5. The lowest BCUT2D eigenvalue weighted by Gasteiger charge is -2.15. The van der Waals surface area contributed by atoms with Crippen LogP contribution in [-0.4, -0.2) is 50.1 Å². The number of carbonyl (C=O) groups is 3. The molecule has 2 amide bonds. The molecule has 0 aromatic heterocycles. The maximum absolute atomic E-state index is 12.3. The lowest BCUT2D eigenvalue weighted by molar-refractivity contribution is 0.0598. The number of esters is 1. The number of hydrogen-bond acceptors (Lipinski definition) is 6. The molecule has 0 N–H and O–H groups in total. The Morgan fingerprint density at radius 3 is 2.22 bits per heavy atom. The minimum Gasteiger partial charge on any atom is -0.493 e. The van der Waals surface area contributed by atoms with Gasteiger partial charge in [0.2, 0.25) is 0 Å². The van der Waals surface area contributed by atoms with E-state index in [1.807, 2.05) is 0 Å². The topological polar surface area (TPSA) is 82.1 Å². The Morgan fingerprint density at radius 2 is 1.63 bits per heavy atom. The van der Waals surface area contributed by atoms with Crippen molar-refractivity contribution in [2.75, 3.05) is 27.4 Å². The quantitative estimate of drug-likeness (QED) is 0.424. The van der Waals surface area contributed by atoms with Crippen LogP contribution in [0.15, 0.2) is 42.5 Å². The van der Waals surface area contributed by atoms with Crippen LogP contribution in [-0.2, 0) is 4.74 Å². The van der Waals surface area contributed by atoms with Gasteiger partial charge in [-0.1, -0.05) is 12.1 Å². The fourth-order valence-corrected chi connectivity index (χ4v) is 2.88. The Balaban J connectivity index is 1.57. The molecule has 3 rings (SSSR count). The van der Waals surface area contributed by atoms with E-state index in [4.69, 9.17) is 9.47 Å². The van der Waals surface area contributed by atoms with E-state index in [1.54, 1.807) is 36.4 Å². The van der Waals surface area contributed by atoms with Crippen molar-refractivity contribution in [3.8, 4) is 11.5 Å². The first-order chi connectivity index (χ1) is 13.1. The van der Waals surface area contributed by atoms with Gasteiger partial charge >= 0.3 is 5.97 Å². The van der Waals surface area contributed by atoms with Crippen LogP contribution < -0.4 is 9.47 Å². The first-order valence-electron chi connectivity index (χ1n) is 8.41. The second-order valence-corrected chi connectivity index (χ2v) is 5.87. The predicted octanol–water partition coefficient (Wildman–Crippen LogP) is 2.55. The van der Waals surface area contributed by atoms with E-state index in [0.29, 0.717) is 34.6 Å². The first-order valence-corrected chi connectivity index (χ1v) is 8.41. The third-order valence-corrected chi connectivity index (χ3v) is 4.25. The number of benzene rings is 2. The van der Waals surface area contributed by atoms with Crippen LogP contribution in [0.25, 0.3) is 0 Å². The van der Waals surface area contributed by atoms with Crippen LogP contribution >= 0.6 is 0 Å². The van der Waals surface area contributed by atoms with Crippen molar-refractivity contribution in [1.29, 1.82) is 0 Å². The maximum atomic E-state index is 12.3. The summed E-state index contributed by atoms with van der Waals surface area (Å²) >= 11 is 0. The minimum absolute atomic E-state index is 0.259. The smallest absolute Gasteiger partial charge is 0.337 e. The molecule has 0 bridgehead atoms. The number of amides is 2. The van der Waals surface area contributed by atoms with Gasteiger partial charge in [0.25, 0.3) is 11.8 Å². The van der Waals surface area contributed by atoms with Crippen molar-refractivity contribution < 1.29 is 28.6 Å². The van der Waals surface area contributed by atoms with E-state index in [9.17, 15) is 14.4 Å². The van der Waals surface area contributed by atoms with E-state index < -0.39 is 5.97 Å². The van der Waals surface area contributed by atoms with Crippen LogP contribution in [0.3, 0.4) is 0 Å². The van der Waals surface area contributed by atoms with Crippen molar-refractivity contribution in [3.05, 3.63) is 59.2 Å². The van der Waals surface area contributed by atoms with Crippen LogP contribution in [0.4, 0.5) is 0 Å². The number of rotatable bonds is 7. The molecular formula is C20H19NO6. The average molecular weight is 369 g/mol. The molecule has 27 heavy (non-hydrogen) atoms. The highest BCUT2D eigenvalue weighted by molar-refractivity contribution is 6.21. The van der Waals surface area contributed by atoms with Crippen molar-refractivity contribution in [2.45, 2.75) is 6.42 Å². The maximum Gasteiger partial charge on any atom is 0.337 e. The molecule has 0 radical (unpaired) electrons. The molecule has 1 aliphatic rings. The van der Waals surface area contributed by atoms with Gasteiger partial charge in [0.1, 0.15) is 0 Å². The third kappa shape index (κ3) is 3.62. The molecule has 2 aromatic carbocycles. The van der Waals surface area contributed by atoms with Crippen LogP contribution in [0, 0.1) is 0 Å². The summed E-state index contributed by atoms with van der Waals surface area (Å²) in [5, 5.41) is 0. The number of fused-ring (bicyclic) bond motifs is 1. The molecule has 7 heteroatoms. The molecule has 0 spiro atoms. The molecule has 0 saturated carbocycles. The summed E-state index contributed by atoms with van der Waals surface area (Å²) < 4.78 is 15.6. The van der Waals surface area contributed by atoms with Gasteiger partial charge in [-0.3, -0.25) is 14.5 Å². The highest BCUT2D eigenvalue weighted by Gasteiger charge is 2.34. The van der Waals surface area contributed by atoms with E-state index in [0.717, 1.165) is 0 Å². The lowest BCUT2D eigenvalue weighted by atomic mass is 10.1. The molecule has 0 saturated heterocycles. The zero-order valence-corrected chi connectivity index (χ0v) is 15.1. The molecule has 0 unspecified atom stereocenters. The Morgan fingerprint density at radius 1 is 0.963 bits per heavy atom. The summed E-state index contributed by atoms with van der Waals surface area (Å²) in [6.45, 7) is 0.538. The van der Waals surface area contributed by atoms with Gasteiger partial charge in [-0.2, -0.15) is 0 Å². The second kappa shape index (κ2) is 7.90. The number of nitrogens with zero attached hydrogens (tertiary/aromatic N) is 1. The van der Waals surface area contributed by atoms with Gasteiger partial charge in [0.05, 0.1) is 37.5 Å². The Labute approximate surface area is 156 Å². The summed E-state index contributed by atoms with van der Waals surface area (Å²) in [4.78, 5) is 37.4. The SMILES string of the molecule is COC(=O)c1ccc(OCCCN2C(=O)c3ccccc3C2=O)c(OC)c1. The highest BCUT2D eigenvalue weighted by Crippen LogP contribution is 2.28. The van der Waals surface area contributed by atoms with E-state index >= 15 is 0 Å². The Bertz CT molecular complexity index is 857. The van der Waals surface area contributed by atoms with Crippen molar-refractivity contribution >= 4 is 17.8 Å². The zero-order valence-electron chi connectivity index (χ0n) is 15.1.